The first-order valence-corrected chi connectivity index (χ1v) is 11.0. The van der Waals surface area contributed by atoms with Crippen LogP contribution in [0.1, 0.15) is 23.7 Å². The molecule has 1 aliphatic rings. The maximum Gasteiger partial charge on any atom is 0.265 e. The SMILES string of the molecule is C[C@@H]1CC(F)(F)CN(C(=O)c2cc(Cl)ccc2-c2ncccn2)C1CNc1ncc(Cl)cn1. The Kier molecular flexibility index (Phi) is 6.71. The number of anilines is 1. The Morgan fingerprint density at radius 1 is 1.15 bits per heavy atom. The molecule has 1 saturated heterocycles. The summed E-state index contributed by atoms with van der Waals surface area (Å²) in [5.41, 5.74) is 0.575. The van der Waals surface area contributed by atoms with E-state index in [0.717, 1.165) is 0 Å². The number of amides is 1. The number of carbonyl (C=O) groups excluding carboxylic acids is 1. The van der Waals surface area contributed by atoms with Gasteiger partial charge in [-0.3, -0.25) is 4.79 Å². The Labute approximate surface area is 199 Å². The molecule has 172 valence electrons. The first-order valence-electron chi connectivity index (χ1n) is 10.2. The van der Waals surface area contributed by atoms with Gasteiger partial charge in [0.25, 0.3) is 11.8 Å². The summed E-state index contributed by atoms with van der Waals surface area (Å²) in [5.74, 6) is -3.50. The van der Waals surface area contributed by atoms with Crippen molar-refractivity contribution in [2.24, 2.45) is 5.92 Å². The minimum absolute atomic E-state index is 0.159. The highest BCUT2D eigenvalue weighted by Gasteiger charge is 2.46. The van der Waals surface area contributed by atoms with Crippen LogP contribution in [-0.2, 0) is 0 Å². The third-order valence-electron chi connectivity index (χ3n) is 5.45. The van der Waals surface area contributed by atoms with Crippen molar-refractivity contribution in [3.63, 3.8) is 0 Å². The standard InChI is InChI=1S/C22H20Cl2F2N6O/c1-13-8-22(25,26)12-32(18(13)11-31-21-29-9-15(24)10-30-21)20(33)17-7-14(23)3-4-16(17)19-27-5-2-6-28-19/h2-7,9-10,13,18H,8,11-12H2,1H3,(H,29,30,31)/t13-,18?/m1/s1. The van der Waals surface area contributed by atoms with Gasteiger partial charge < -0.3 is 10.2 Å². The molecule has 1 unspecified atom stereocenters. The summed E-state index contributed by atoms with van der Waals surface area (Å²) in [5, 5.41) is 3.70. The minimum Gasteiger partial charge on any atom is -0.352 e. The highest BCUT2D eigenvalue weighted by atomic mass is 35.5. The summed E-state index contributed by atoms with van der Waals surface area (Å²) in [6.45, 7) is 1.16. The van der Waals surface area contributed by atoms with E-state index < -0.39 is 30.3 Å². The van der Waals surface area contributed by atoms with Crippen molar-refractivity contribution in [3.05, 3.63) is 64.7 Å². The van der Waals surface area contributed by atoms with Gasteiger partial charge in [0.05, 0.1) is 35.6 Å². The van der Waals surface area contributed by atoms with Gasteiger partial charge in [-0.05, 0) is 30.2 Å². The zero-order valence-electron chi connectivity index (χ0n) is 17.6. The second-order valence-electron chi connectivity index (χ2n) is 7.91. The summed E-state index contributed by atoms with van der Waals surface area (Å²) in [4.78, 5) is 31.4. The molecule has 1 N–H and O–H groups in total. The number of carbonyl (C=O) groups is 1. The van der Waals surface area contributed by atoms with E-state index in [1.165, 1.54) is 23.4 Å². The van der Waals surface area contributed by atoms with Gasteiger partial charge in [-0.2, -0.15) is 0 Å². The second kappa shape index (κ2) is 9.52. The lowest BCUT2D eigenvalue weighted by molar-refractivity contribution is -0.0897. The molecule has 2 atom stereocenters. The number of hydrogen-bond donors (Lipinski definition) is 1. The molecule has 0 aliphatic carbocycles. The van der Waals surface area contributed by atoms with Crippen LogP contribution in [0.5, 0.6) is 0 Å². The van der Waals surface area contributed by atoms with Crippen molar-refractivity contribution in [2.45, 2.75) is 25.3 Å². The quantitative estimate of drug-likeness (QED) is 0.548. The number of alkyl halides is 2. The van der Waals surface area contributed by atoms with Crippen LogP contribution in [0.25, 0.3) is 11.4 Å². The van der Waals surface area contributed by atoms with Gasteiger partial charge >= 0.3 is 0 Å². The highest BCUT2D eigenvalue weighted by molar-refractivity contribution is 6.31. The van der Waals surface area contributed by atoms with Crippen molar-refractivity contribution >= 4 is 35.1 Å². The molecule has 7 nitrogen and oxygen atoms in total. The molecule has 0 spiro atoms. The van der Waals surface area contributed by atoms with Gasteiger partial charge in [-0.1, -0.05) is 30.1 Å². The minimum atomic E-state index is -3.02. The molecular formula is C22H20Cl2F2N6O. The number of nitrogens with zero attached hydrogens (tertiary/aromatic N) is 5. The number of nitrogens with one attached hydrogen (secondary N) is 1. The molecule has 1 amide bonds. The van der Waals surface area contributed by atoms with E-state index in [4.69, 9.17) is 23.2 Å². The zero-order chi connectivity index (χ0) is 23.6. The van der Waals surface area contributed by atoms with Crippen molar-refractivity contribution in [2.75, 3.05) is 18.4 Å². The molecule has 1 fully saturated rings. The fourth-order valence-electron chi connectivity index (χ4n) is 3.96. The predicted octanol–water partition coefficient (Wildman–Crippen LogP) is 4.84. The number of halogens is 4. The summed E-state index contributed by atoms with van der Waals surface area (Å²) < 4.78 is 29.1. The normalized spacial score (nSPS) is 19.8. The summed E-state index contributed by atoms with van der Waals surface area (Å²) in [6, 6.07) is 5.79. The molecule has 33 heavy (non-hydrogen) atoms. The van der Waals surface area contributed by atoms with Gasteiger partial charge in [-0.15, -0.1) is 0 Å². The average molecular weight is 493 g/mol. The molecule has 4 rings (SSSR count). The molecule has 3 aromatic rings. The van der Waals surface area contributed by atoms with E-state index in [-0.39, 0.29) is 24.5 Å². The molecule has 0 radical (unpaired) electrons. The Balaban J connectivity index is 1.67. The maximum absolute atomic E-state index is 14.6. The lowest BCUT2D eigenvalue weighted by Crippen LogP contribution is -2.57. The third-order valence-corrected chi connectivity index (χ3v) is 5.88. The first kappa shape index (κ1) is 23.3. The fourth-order valence-corrected chi connectivity index (χ4v) is 4.23. The Morgan fingerprint density at radius 3 is 2.55 bits per heavy atom. The number of piperidine rings is 1. The van der Waals surface area contributed by atoms with Crippen LogP contribution in [0.4, 0.5) is 14.7 Å². The number of aromatic nitrogens is 4. The van der Waals surface area contributed by atoms with Crippen LogP contribution < -0.4 is 5.32 Å². The predicted molar refractivity (Wildman–Crippen MR) is 122 cm³/mol. The van der Waals surface area contributed by atoms with Crippen LogP contribution in [0, 0.1) is 5.92 Å². The van der Waals surface area contributed by atoms with E-state index in [0.29, 0.717) is 21.4 Å². The first-order chi connectivity index (χ1) is 15.7. The molecule has 2 aromatic heterocycles. The van der Waals surface area contributed by atoms with E-state index >= 15 is 0 Å². The van der Waals surface area contributed by atoms with E-state index in [9.17, 15) is 13.6 Å². The largest absolute Gasteiger partial charge is 0.352 e. The van der Waals surface area contributed by atoms with E-state index in [2.05, 4.69) is 25.3 Å². The van der Waals surface area contributed by atoms with Crippen molar-refractivity contribution in [3.8, 4) is 11.4 Å². The smallest absolute Gasteiger partial charge is 0.265 e. The molecule has 0 bridgehead atoms. The number of benzene rings is 1. The Morgan fingerprint density at radius 2 is 1.85 bits per heavy atom. The lowest BCUT2D eigenvalue weighted by Gasteiger charge is -2.43. The Bertz CT molecular complexity index is 1130. The van der Waals surface area contributed by atoms with Crippen LogP contribution >= 0.6 is 23.2 Å². The summed E-state index contributed by atoms with van der Waals surface area (Å²) in [6.07, 6.45) is 5.60. The highest BCUT2D eigenvalue weighted by Crippen LogP contribution is 2.36. The van der Waals surface area contributed by atoms with Crippen LogP contribution in [0.15, 0.2) is 49.1 Å². The van der Waals surface area contributed by atoms with Crippen LogP contribution in [0.3, 0.4) is 0 Å². The van der Waals surface area contributed by atoms with E-state index in [1.807, 2.05) is 0 Å². The van der Waals surface area contributed by atoms with Gasteiger partial charge in [0.2, 0.25) is 5.95 Å². The van der Waals surface area contributed by atoms with Crippen molar-refractivity contribution in [1.82, 2.24) is 24.8 Å². The average Bonchev–Trinajstić information content (AvgIpc) is 2.79. The molecule has 11 heteroatoms. The van der Waals surface area contributed by atoms with Crippen LogP contribution in [0.2, 0.25) is 10.0 Å². The summed E-state index contributed by atoms with van der Waals surface area (Å²) >= 11 is 12.0. The fraction of sp³-hybridized carbons (Fsp3) is 0.318. The molecule has 1 aromatic carbocycles. The number of hydrogen-bond acceptors (Lipinski definition) is 6. The Hall–Kier alpha value is -2.91. The number of rotatable bonds is 5. The monoisotopic (exact) mass is 492 g/mol. The van der Waals surface area contributed by atoms with Crippen LogP contribution in [-0.4, -0.2) is 55.8 Å². The van der Waals surface area contributed by atoms with E-state index in [1.54, 1.807) is 37.5 Å². The number of likely N-dealkylation sites (tertiary alicyclic amines) is 1. The molecule has 1 aliphatic heterocycles. The molecular weight excluding hydrogens is 473 g/mol. The van der Waals surface area contributed by atoms with Crippen molar-refractivity contribution < 1.29 is 13.6 Å². The van der Waals surface area contributed by atoms with Gasteiger partial charge in [-0.25, -0.2) is 28.7 Å². The zero-order valence-corrected chi connectivity index (χ0v) is 19.1. The lowest BCUT2D eigenvalue weighted by atomic mass is 9.87. The summed E-state index contributed by atoms with van der Waals surface area (Å²) in [7, 11) is 0. The van der Waals surface area contributed by atoms with Gasteiger partial charge in [0.15, 0.2) is 5.82 Å². The topological polar surface area (TPSA) is 83.9 Å². The van der Waals surface area contributed by atoms with Gasteiger partial charge in [0, 0.05) is 35.9 Å². The van der Waals surface area contributed by atoms with Gasteiger partial charge in [0.1, 0.15) is 0 Å². The second-order valence-corrected chi connectivity index (χ2v) is 8.78. The molecule has 0 saturated carbocycles. The third kappa shape index (κ3) is 5.36. The van der Waals surface area contributed by atoms with Crippen molar-refractivity contribution in [1.29, 1.82) is 0 Å². The maximum atomic E-state index is 14.6. The molecule has 3 heterocycles.